The third kappa shape index (κ3) is 4.24. The number of methoxy groups -OCH3 is 1. The number of sulfonamides is 1. The first-order valence-electron chi connectivity index (χ1n) is 7.39. The Balaban J connectivity index is 2.54. The van der Waals surface area contributed by atoms with Gasteiger partial charge in [-0.15, -0.1) is 0 Å². The normalized spacial score (nSPS) is 11.0. The fourth-order valence-electron chi connectivity index (χ4n) is 2.11. The Bertz CT molecular complexity index is 854. The van der Waals surface area contributed by atoms with E-state index >= 15 is 0 Å². The number of halogens is 1. The average Bonchev–Trinajstić information content (AvgIpc) is 2.59. The van der Waals surface area contributed by atoms with Gasteiger partial charge in [0.25, 0.3) is 10.0 Å². The number of nitrogens with zero attached hydrogens (tertiary/aromatic N) is 2. The van der Waals surface area contributed by atoms with Crippen molar-refractivity contribution in [2.75, 3.05) is 32.1 Å². The standard InChI is InChI=1S/C17H19ClN2O4S/c1-19(2)17(21)12-20(13-9-10-16(24-3)15(18)11-13)25(22,23)14-7-5-4-6-8-14/h4-11H,12H2,1-3H3. The van der Waals surface area contributed by atoms with Crippen molar-refractivity contribution >= 4 is 33.2 Å². The molecule has 8 heteroatoms. The van der Waals surface area contributed by atoms with Crippen LogP contribution in [-0.4, -0.2) is 47.0 Å². The van der Waals surface area contributed by atoms with Crippen LogP contribution < -0.4 is 9.04 Å². The Morgan fingerprint density at radius 1 is 1.12 bits per heavy atom. The Morgan fingerprint density at radius 2 is 1.76 bits per heavy atom. The number of benzene rings is 2. The quantitative estimate of drug-likeness (QED) is 0.770. The van der Waals surface area contributed by atoms with Gasteiger partial charge in [0.05, 0.1) is 22.7 Å². The lowest BCUT2D eigenvalue weighted by Crippen LogP contribution is -2.40. The van der Waals surface area contributed by atoms with E-state index in [0.29, 0.717) is 5.75 Å². The van der Waals surface area contributed by atoms with Crippen LogP contribution in [0.1, 0.15) is 0 Å². The molecule has 0 bridgehead atoms. The molecule has 0 radical (unpaired) electrons. The lowest BCUT2D eigenvalue weighted by atomic mass is 10.3. The van der Waals surface area contributed by atoms with Crippen molar-refractivity contribution < 1.29 is 17.9 Å². The van der Waals surface area contributed by atoms with Gasteiger partial charge in [0.1, 0.15) is 12.3 Å². The van der Waals surface area contributed by atoms with E-state index in [-0.39, 0.29) is 28.1 Å². The molecular weight excluding hydrogens is 364 g/mol. The van der Waals surface area contributed by atoms with Crippen LogP contribution in [0.2, 0.25) is 5.02 Å². The molecule has 1 amide bonds. The number of amides is 1. The summed E-state index contributed by atoms with van der Waals surface area (Å²) >= 11 is 6.13. The molecule has 0 heterocycles. The smallest absolute Gasteiger partial charge is 0.264 e. The molecule has 0 aliphatic rings. The van der Waals surface area contributed by atoms with Crippen molar-refractivity contribution in [3.05, 3.63) is 53.6 Å². The largest absolute Gasteiger partial charge is 0.495 e. The molecule has 2 aromatic rings. The van der Waals surface area contributed by atoms with Crippen LogP contribution in [0, 0.1) is 0 Å². The second-order valence-electron chi connectivity index (χ2n) is 5.43. The molecular formula is C17H19ClN2O4S. The van der Waals surface area contributed by atoms with E-state index in [4.69, 9.17) is 16.3 Å². The highest BCUT2D eigenvalue weighted by Crippen LogP contribution is 2.31. The fourth-order valence-corrected chi connectivity index (χ4v) is 3.79. The molecule has 0 aliphatic carbocycles. The summed E-state index contributed by atoms with van der Waals surface area (Å²) in [5.41, 5.74) is 0.282. The van der Waals surface area contributed by atoms with E-state index in [2.05, 4.69) is 0 Å². The highest BCUT2D eigenvalue weighted by atomic mass is 35.5. The molecule has 0 aliphatic heterocycles. The topological polar surface area (TPSA) is 66.9 Å². The number of rotatable bonds is 6. The summed E-state index contributed by atoms with van der Waals surface area (Å²) in [6.07, 6.45) is 0. The van der Waals surface area contributed by atoms with E-state index in [1.165, 1.54) is 30.2 Å². The average molecular weight is 383 g/mol. The van der Waals surface area contributed by atoms with Crippen molar-refractivity contribution in [1.82, 2.24) is 4.90 Å². The van der Waals surface area contributed by atoms with Gasteiger partial charge < -0.3 is 9.64 Å². The minimum Gasteiger partial charge on any atom is -0.495 e. The summed E-state index contributed by atoms with van der Waals surface area (Å²) in [6.45, 7) is -0.340. The number of anilines is 1. The predicted molar refractivity (Wildman–Crippen MR) is 97.7 cm³/mol. The highest BCUT2D eigenvalue weighted by Gasteiger charge is 2.28. The second kappa shape index (κ2) is 7.76. The molecule has 2 rings (SSSR count). The number of hydrogen-bond acceptors (Lipinski definition) is 4. The van der Waals surface area contributed by atoms with Gasteiger partial charge in [0.15, 0.2) is 0 Å². The first-order chi connectivity index (χ1) is 11.8. The summed E-state index contributed by atoms with van der Waals surface area (Å²) in [4.78, 5) is 13.6. The zero-order chi connectivity index (χ0) is 18.6. The van der Waals surface area contributed by atoms with Gasteiger partial charge in [0.2, 0.25) is 5.91 Å². The van der Waals surface area contributed by atoms with Gasteiger partial charge in [-0.2, -0.15) is 0 Å². The zero-order valence-corrected chi connectivity index (χ0v) is 15.7. The Morgan fingerprint density at radius 3 is 2.28 bits per heavy atom. The summed E-state index contributed by atoms with van der Waals surface area (Å²) in [6, 6.07) is 12.5. The maximum Gasteiger partial charge on any atom is 0.264 e. The minimum absolute atomic E-state index is 0.0912. The van der Waals surface area contributed by atoms with Crippen molar-refractivity contribution in [3.63, 3.8) is 0 Å². The molecule has 0 unspecified atom stereocenters. The van der Waals surface area contributed by atoms with Gasteiger partial charge >= 0.3 is 0 Å². The fraction of sp³-hybridized carbons (Fsp3) is 0.235. The molecule has 134 valence electrons. The van der Waals surface area contributed by atoms with E-state index in [1.807, 2.05) is 0 Å². The maximum atomic E-state index is 13.0. The van der Waals surface area contributed by atoms with Crippen LogP contribution in [0.5, 0.6) is 5.75 Å². The van der Waals surface area contributed by atoms with Crippen LogP contribution in [-0.2, 0) is 14.8 Å². The third-order valence-corrected chi connectivity index (χ3v) is 5.62. The molecule has 25 heavy (non-hydrogen) atoms. The number of carbonyl (C=O) groups excluding carboxylic acids is 1. The monoisotopic (exact) mass is 382 g/mol. The molecule has 0 N–H and O–H groups in total. The third-order valence-electron chi connectivity index (χ3n) is 3.53. The highest BCUT2D eigenvalue weighted by molar-refractivity contribution is 7.92. The van der Waals surface area contributed by atoms with Crippen molar-refractivity contribution in [1.29, 1.82) is 0 Å². The Kier molecular flexibility index (Phi) is 5.92. The van der Waals surface area contributed by atoms with Gasteiger partial charge in [-0.3, -0.25) is 9.10 Å². The van der Waals surface area contributed by atoms with Crippen LogP contribution >= 0.6 is 11.6 Å². The van der Waals surface area contributed by atoms with E-state index in [1.54, 1.807) is 44.4 Å². The lowest BCUT2D eigenvalue weighted by molar-refractivity contribution is -0.127. The van der Waals surface area contributed by atoms with E-state index in [9.17, 15) is 13.2 Å². The number of likely N-dealkylation sites (N-methyl/N-ethyl adjacent to an activating group) is 1. The first kappa shape index (κ1) is 19.1. The van der Waals surface area contributed by atoms with Crippen LogP contribution in [0.15, 0.2) is 53.4 Å². The molecule has 0 saturated carbocycles. The number of ether oxygens (including phenoxy) is 1. The molecule has 0 aromatic heterocycles. The molecule has 0 saturated heterocycles. The zero-order valence-electron chi connectivity index (χ0n) is 14.1. The van der Waals surface area contributed by atoms with Gasteiger partial charge in [-0.25, -0.2) is 8.42 Å². The van der Waals surface area contributed by atoms with E-state index < -0.39 is 10.0 Å². The lowest BCUT2D eigenvalue weighted by Gasteiger charge is -2.25. The van der Waals surface area contributed by atoms with Crippen LogP contribution in [0.4, 0.5) is 5.69 Å². The number of hydrogen-bond donors (Lipinski definition) is 0. The van der Waals surface area contributed by atoms with Gasteiger partial charge in [0, 0.05) is 14.1 Å². The summed E-state index contributed by atoms with van der Waals surface area (Å²) < 4.78 is 32.2. The van der Waals surface area contributed by atoms with Gasteiger partial charge in [-0.1, -0.05) is 29.8 Å². The predicted octanol–water partition coefficient (Wildman–Crippen LogP) is 2.63. The summed E-state index contributed by atoms with van der Waals surface area (Å²) in [5, 5.41) is 0.255. The van der Waals surface area contributed by atoms with Crippen LogP contribution in [0.3, 0.4) is 0 Å². The molecule has 0 fully saturated rings. The summed E-state index contributed by atoms with van der Waals surface area (Å²) in [5.74, 6) is 0.0628. The Hall–Kier alpha value is -2.25. The van der Waals surface area contributed by atoms with Crippen molar-refractivity contribution in [2.24, 2.45) is 0 Å². The Labute approximate surface area is 152 Å². The van der Waals surface area contributed by atoms with Gasteiger partial charge in [-0.05, 0) is 30.3 Å². The SMILES string of the molecule is COc1ccc(N(CC(=O)N(C)C)S(=O)(=O)c2ccccc2)cc1Cl. The molecule has 0 spiro atoms. The van der Waals surface area contributed by atoms with Crippen LogP contribution in [0.25, 0.3) is 0 Å². The van der Waals surface area contributed by atoms with Crippen molar-refractivity contribution in [3.8, 4) is 5.75 Å². The second-order valence-corrected chi connectivity index (χ2v) is 7.70. The van der Waals surface area contributed by atoms with E-state index in [0.717, 1.165) is 4.31 Å². The first-order valence-corrected chi connectivity index (χ1v) is 9.20. The maximum absolute atomic E-state index is 13.0. The number of carbonyl (C=O) groups is 1. The molecule has 2 aromatic carbocycles. The molecule has 6 nitrogen and oxygen atoms in total. The minimum atomic E-state index is -3.93. The summed E-state index contributed by atoms with van der Waals surface area (Å²) in [7, 11) is 0.667. The molecule has 0 atom stereocenters. The van der Waals surface area contributed by atoms with Crippen molar-refractivity contribution in [2.45, 2.75) is 4.90 Å².